The first kappa shape index (κ1) is 19.1. The van der Waals surface area contributed by atoms with Gasteiger partial charge in [0.15, 0.2) is 0 Å². The van der Waals surface area contributed by atoms with Crippen molar-refractivity contribution in [1.29, 1.82) is 0 Å². The van der Waals surface area contributed by atoms with Gasteiger partial charge in [-0.1, -0.05) is 0 Å². The minimum absolute atomic E-state index is 0.229. The van der Waals surface area contributed by atoms with Gasteiger partial charge in [-0.05, 0) is 27.2 Å². The van der Waals surface area contributed by atoms with Crippen LogP contribution in [0, 0.1) is 6.92 Å². The second-order valence-electron chi connectivity index (χ2n) is 8.03. The molecule has 1 amide bonds. The molecule has 7 heteroatoms. The fourth-order valence-corrected chi connectivity index (χ4v) is 4.31. The van der Waals surface area contributed by atoms with E-state index >= 15 is 0 Å². The molecule has 0 radical (unpaired) electrons. The number of piperazine rings is 1. The maximum atomic E-state index is 12.8. The Morgan fingerprint density at radius 2 is 1.86 bits per heavy atom. The van der Waals surface area contributed by atoms with Gasteiger partial charge in [0, 0.05) is 67.8 Å². The molecule has 28 heavy (non-hydrogen) atoms. The molecule has 1 fully saturated rings. The van der Waals surface area contributed by atoms with E-state index in [1.54, 1.807) is 6.33 Å². The lowest BCUT2D eigenvalue weighted by molar-refractivity contribution is -0.134. The van der Waals surface area contributed by atoms with Crippen molar-refractivity contribution in [2.24, 2.45) is 0 Å². The van der Waals surface area contributed by atoms with Gasteiger partial charge in [-0.3, -0.25) is 14.6 Å². The number of aryl methyl sites for hydroxylation is 1. The molecule has 0 saturated carbocycles. The lowest BCUT2D eigenvalue weighted by atomic mass is 9.98. The molecule has 150 valence electrons. The second-order valence-corrected chi connectivity index (χ2v) is 8.03. The number of nitrogens with zero attached hydrogens (tertiary/aromatic N) is 5. The number of rotatable bonds is 4. The fraction of sp³-hybridized carbons (Fsp3) is 0.571. The first-order valence-electron chi connectivity index (χ1n) is 10.1. The van der Waals surface area contributed by atoms with E-state index < -0.39 is 0 Å². The summed E-state index contributed by atoms with van der Waals surface area (Å²) in [6.45, 7) is 12.0. The summed E-state index contributed by atoms with van der Waals surface area (Å²) in [6.07, 6.45) is 6.08. The normalized spacial score (nSPS) is 18.5. The zero-order chi connectivity index (χ0) is 19.7. The highest BCUT2D eigenvalue weighted by Crippen LogP contribution is 2.35. The van der Waals surface area contributed by atoms with Crippen molar-refractivity contribution >= 4 is 5.91 Å². The van der Waals surface area contributed by atoms with E-state index in [0.29, 0.717) is 19.1 Å². The van der Waals surface area contributed by atoms with Crippen molar-refractivity contribution in [2.45, 2.75) is 39.8 Å². The third kappa shape index (κ3) is 3.82. The predicted octanol–water partition coefficient (Wildman–Crippen LogP) is 1.96. The molecule has 7 nitrogen and oxygen atoms in total. The predicted molar refractivity (Wildman–Crippen MR) is 107 cm³/mol. The molecule has 0 spiro atoms. The summed E-state index contributed by atoms with van der Waals surface area (Å²) < 4.78 is 6.06. The Labute approximate surface area is 166 Å². The van der Waals surface area contributed by atoms with Gasteiger partial charge in [0.2, 0.25) is 5.91 Å². The molecule has 0 aliphatic carbocycles. The maximum absolute atomic E-state index is 12.8. The van der Waals surface area contributed by atoms with Gasteiger partial charge in [0.25, 0.3) is 0 Å². The Morgan fingerprint density at radius 3 is 2.54 bits per heavy atom. The van der Waals surface area contributed by atoms with Crippen molar-refractivity contribution in [3.8, 4) is 11.1 Å². The zero-order valence-electron chi connectivity index (χ0n) is 17.0. The summed E-state index contributed by atoms with van der Waals surface area (Å²) in [5.74, 6) is 2.10. The lowest BCUT2D eigenvalue weighted by Crippen LogP contribution is -2.53. The van der Waals surface area contributed by atoms with Crippen LogP contribution in [0.4, 0.5) is 0 Å². The van der Waals surface area contributed by atoms with Crippen LogP contribution in [0.25, 0.3) is 11.1 Å². The van der Waals surface area contributed by atoms with Gasteiger partial charge in [-0.2, -0.15) is 0 Å². The topological polar surface area (TPSA) is 65.7 Å². The van der Waals surface area contributed by atoms with Crippen molar-refractivity contribution in [3.05, 3.63) is 35.8 Å². The molecule has 4 heterocycles. The Hall–Kier alpha value is -2.25. The third-order valence-electron chi connectivity index (χ3n) is 5.92. The van der Waals surface area contributed by atoms with E-state index in [4.69, 9.17) is 4.42 Å². The highest BCUT2D eigenvalue weighted by Gasteiger charge is 2.29. The van der Waals surface area contributed by atoms with Crippen molar-refractivity contribution in [3.63, 3.8) is 0 Å². The van der Waals surface area contributed by atoms with Crippen molar-refractivity contribution < 1.29 is 9.21 Å². The quantitative estimate of drug-likeness (QED) is 0.804. The number of aromatic nitrogens is 2. The minimum Gasteiger partial charge on any atom is -0.464 e. The minimum atomic E-state index is 0.229. The first-order valence-corrected chi connectivity index (χ1v) is 10.1. The van der Waals surface area contributed by atoms with Crippen molar-refractivity contribution in [2.75, 3.05) is 39.3 Å². The summed E-state index contributed by atoms with van der Waals surface area (Å²) in [5.41, 5.74) is 3.35. The largest absolute Gasteiger partial charge is 0.464 e. The van der Waals surface area contributed by atoms with E-state index in [0.717, 1.165) is 61.8 Å². The molecule has 0 N–H and O–H groups in total. The number of fused-ring (bicyclic) bond motifs is 1. The second kappa shape index (κ2) is 8.01. The first-order chi connectivity index (χ1) is 13.5. The Balaban J connectivity index is 1.39. The summed E-state index contributed by atoms with van der Waals surface area (Å²) in [5, 5.41) is 0. The summed E-state index contributed by atoms with van der Waals surface area (Å²) in [4.78, 5) is 27.7. The summed E-state index contributed by atoms with van der Waals surface area (Å²) in [6, 6.07) is 0.546. The van der Waals surface area contributed by atoms with Crippen LogP contribution >= 0.6 is 0 Å². The van der Waals surface area contributed by atoms with Gasteiger partial charge >= 0.3 is 0 Å². The zero-order valence-corrected chi connectivity index (χ0v) is 17.0. The number of carbonyl (C=O) groups excluding carboxylic acids is 1. The van der Waals surface area contributed by atoms with E-state index in [9.17, 15) is 4.79 Å². The highest BCUT2D eigenvalue weighted by atomic mass is 16.3. The number of furan rings is 1. The number of hydrogen-bond acceptors (Lipinski definition) is 6. The average Bonchev–Trinajstić information content (AvgIpc) is 3.03. The van der Waals surface area contributed by atoms with Crippen LogP contribution in [0.1, 0.15) is 30.9 Å². The Morgan fingerprint density at radius 1 is 1.14 bits per heavy atom. The van der Waals surface area contributed by atoms with Crippen LogP contribution in [-0.2, 0) is 17.8 Å². The van der Waals surface area contributed by atoms with Gasteiger partial charge in [0.1, 0.15) is 17.8 Å². The van der Waals surface area contributed by atoms with Gasteiger partial charge in [0.05, 0.1) is 13.1 Å². The molecule has 2 aliphatic heterocycles. The molecule has 0 aromatic carbocycles. The van der Waals surface area contributed by atoms with Crippen molar-refractivity contribution in [1.82, 2.24) is 24.7 Å². The SMILES string of the molecule is Cc1oc2c(c1-c1cncnc1)CCN(CC(=O)N1CCN(C(C)C)CC1)C2. The maximum Gasteiger partial charge on any atom is 0.236 e. The molecular weight excluding hydrogens is 354 g/mol. The van der Waals surface area contributed by atoms with E-state index in [1.807, 2.05) is 24.2 Å². The van der Waals surface area contributed by atoms with E-state index in [-0.39, 0.29) is 5.91 Å². The molecule has 0 unspecified atom stereocenters. The summed E-state index contributed by atoms with van der Waals surface area (Å²) in [7, 11) is 0. The highest BCUT2D eigenvalue weighted by molar-refractivity contribution is 5.78. The van der Waals surface area contributed by atoms with Crippen LogP contribution in [-0.4, -0.2) is 75.9 Å². The molecule has 0 atom stereocenters. The Kier molecular flexibility index (Phi) is 5.46. The number of carbonyl (C=O) groups is 1. The standard InChI is InChI=1S/C21H29N5O2/c1-15(2)25-6-8-26(9-7-25)20(27)13-24-5-4-18-19(12-24)28-16(3)21(18)17-10-22-14-23-11-17/h10-11,14-15H,4-9,12-13H2,1-3H3. The summed E-state index contributed by atoms with van der Waals surface area (Å²) >= 11 is 0. The number of amides is 1. The third-order valence-corrected chi connectivity index (χ3v) is 5.92. The van der Waals surface area contributed by atoms with Crippen LogP contribution in [0.15, 0.2) is 23.1 Å². The van der Waals surface area contributed by atoms with E-state index in [1.165, 1.54) is 5.56 Å². The molecular formula is C21H29N5O2. The number of hydrogen-bond donors (Lipinski definition) is 0. The van der Waals surface area contributed by atoms with Gasteiger partial charge in [-0.15, -0.1) is 0 Å². The van der Waals surface area contributed by atoms with Crippen LogP contribution < -0.4 is 0 Å². The van der Waals surface area contributed by atoms with E-state index in [2.05, 4.69) is 33.6 Å². The molecule has 2 aromatic heterocycles. The fourth-order valence-electron chi connectivity index (χ4n) is 4.31. The average molecular weight is 383 g/mol. The van der Waals surface area contributed by atoms with Crippen LogP contribution in [0.2, 0.25) is 0 Å². The molecule has 1 saturated heterocycles. The molecule has 2 aliphatic rings. The molecule has 4 rings (SSSR count). The molecule has 2 aromatic rings. The van der Waals surface area contributed by atoms with Crippen LogP contribution in [0.5, 0.6) is 0 Å². The van der Waals surface area contributed by atoms with Crippen LogP contribution in [0.3, 0.4) is 0 Å². The van der Waals surface area contributed by atoms with Gasteiger partial charge < -0.3 is 9.32 Å². The Bertz CT molecular complexity index is 825. The molecule has 0 bridgehead atoms. The smallest absolute Gasteiger partial charge is 0.236 e. The lowest BCUT2D eigenvalue weighted by Gasteiger charge is -2.38. The monoisotopic (exact) mass is 383 g/mol. The van der Waals surface area contributed by atoms with Gasteiger partial charge in [-0.25, -0.2) is 9.97 Å².